The zero-order chi connectivity index (χ0) is 27.6. The van der Waals surface area contributed by atoms with Crippen LogP contribution in [0, 0.1) is 0 Å². The van der Waals surface area contributed by atoms with Gasteiger partial charge in [-0.2, -0.15) is 0 Å². The van der Waals surface area contributed by atoms with Gasteiger partial charge in [-0.1, -0.05) is 91.0 Å². The van der Waals surface area contributed by atoms with Crippen LogP contribution in [-0.4, -0.2) is 17.6 Å². The average molecular weight is 549 g/mol. The first-order valence-electron chi connectivity index (χ1n) is 13.5. The molecule has 2 heterocycles. The lowest BCUT2D eigenvalue weighted by molar-refractivity contribution is 0.596. The molecule has 0 radical (unpaired) electrons. The molecule has 8 rings (SSSR count). The summed E-state index contributed by atoms with van der Waals surface area (Å²) in [6.07, 6.45) is 0. The maximum absolute atomic E-state index is 14.1. The predicted octanol–water partition coefficient (Wildman–Crippen LogP) is 8.71. The third kappa shape index (κ3) is 3.56. The third-order valence-electron chi connectivity index (χ3n) is 7.92. The number of fused-ring (bicyclic) bond motifs is 6. The number of hydrogen-bond donors (Lipinski definition) is 0. The van der Waals surface area contributed by atoms with Gasteiger partial charge in [0, 0.05) is 32.9 Å². The van der Waals surface area contributed by atoms with E-state index in [1.165, 1.54) is 0 Å². The molecule has 4 nitrogen and oxygen atoms in total. The van der Waals surface area contributed by atoms with Crippen LogP contribution in [0.5, 0.6) is 0 Å². The van der Waals surface area contributed by atoms with Crippen molar-refractivity contribution in [2.45, 2.75) is 9.79 Å². The molecule has 0 unspecified atom stereocenters. The summed E-state index contributed by atoms with van der Waals surface area (Å²) in [5.41, 5.74) is 5.67. The van der Waals surface area contributed by atoms with Gasteiger partial charge in [0.25, 0.3) is 0 Å². The SMILES string of the molecule is O=S(=O)(c1ccccc1)c1cc(-n2c3ccccc3c3ccccc32)cc(-n2c3ccccc3c3ccccc32)c1. The Morgan fingerprint density at radius 1 is 0.366 bits per heavy atom. The Hall–Kier alpha value is -5.13. The van der Waals surface area contributed by atoms with Crippen molar-refractivity contribution < 1.29 is 8.42 Å². The lowest BCUT2D eigenvalue weighted by atomic mass is 10.2. The van der Waals surface area contributed by atoms with Crippen molar-refractivity contribution in [2.24, 2.45) is 0 Å². The topological polar surface area (TPSA) is 44.0 Å². The van der Waals surface area contributed by atoms with Crippen molar-refractivity contribution in [2.75, 3.05) is 0 Å². The molecule has 0 saturated carbocycles. The van der Waals surface area contributed by atoms with Crippen molar-refractivity contribution in [3.8, 4) is 11.4 Å². The number of nitrogens with zero attached hydrogens (tertiary/aromatic N) is 2. The molecule has 0 aliphatic carbocycles. The standard InChI is InChI=1S/C36H24N2O2S/c39-41(40,27-12-2-1-3-13-27)28-23-25(37-33-18-8-4-14-29(33)30-15-5-9-19-34(30)37)22-26(24-28)38-35-20-10-6-16-31(35)32-17-7-11-21-36(32)38/h1-24H. The summed E-state index contributed by atoms with van der Waals surface area (Å²) < 4.78 is 32.6. The number of rotatable bonds is 4. The Morgan fingerprint density at radius 3 is 1.10 bits per heavy atom. The molecule has 0 atom stereocenters. The van der Waals surface area contributed by atoms with Gasteiger partial charge >= 0.3 is 0 Å². The summed E-state index contributed by atoms with van der Waals surface area (Å²) in [5, 5.41) is 4.49. The van der Waals surface area contributed by atoms with E-state index in [0.29, 0.717) is 0 Å². The van der Waals surface area contributed by atoms with E-state index in [0.717, 1.165) is 55.0 Å². The fourth-order valence-electron chi connectivity index (χ4n) is 6.12. The van der Waals surface area contributed by atoms with Gasteiger partial charge in [0.15, 0.2) is 0 Å². The van der Waals surface area contributed by atoms with E-state index in [1.54, 1.807) is 36.4 Å². The zero-order valence-electron chi connectivity index (χ0n) is 22.0. The van der Waals surface area contributed by atoms with Gasteiger partial charge in [-0.3, -0.25) is 0 Å². The van der Waals surface area contributed by atoms with Crippen molar-refractivity contribution in [3.63, 3.8) is 0 Å². The molecule has 5 heteroatoms. The third-order valence-corrected chi connectivity index (χ3v) is 9.67. The molecule has 0 amide bonds. The molecule has 0 aliphatic rings. The first-order chi connectivity index (χ1) is 20.1. The summed E-state index contributed by atoms with van der Waals surface area (Å²) in [7, 11) is -3.81. The molecular formula is C36H24N2O2S. The van der Waals surface area contributed by atoms with E-state index in [2.05, 4.69) is 63.7 Å². The second kappa shape index (κ2) is 8.95. The largest absolute Gasteiger partial charge is 0.309 e. The average Bonchev–Trinajstić information content (AvgIpc) is 3.54. The predicted molar refractivity (Wildman–Crippen MR) is 167 cm³/mol. The van der Waals surface area contributed by atoms with Crippen LogP contribution < -0.4 is 0 Å². The minimum atomic E-state index is -3.81. The lowest BCUT2D eigenvalue weighted by Crippen LogP contribution is -2.06. The first kappa shape index (κ1) is 23.7. The molecular weight excluding hydrogens is 524 g/mol. The molecule has 2 aromatic heterocycles. The summed E-state index contributed by atoms with van der Waals surface area (Å²) in [6.45, 7) is 0. The van der Waals surface area contributed by atoms with Gasteiger partial charge in [-0.05, 0) is 54.6 Å². The van der Waals surface area contributed by atoms with Gasteiger partial charge in [0.1, 0.15) is 0 Å². The molecule has 0 bridgehead atoms. The van der Waals surface area contributed by atoms with Crippen molar-refractivity contribution >= 4 is 53.4 Å². The smallest absolute Gasteiger partial charge is 0.206 e. The molecule has 6 aromatic carbocycles. The number of benzene rings is 6. The summed E-state index contributed by atoms with van der Waals surface area (Å²) in [6, 6.07) is 47.5. The van der Waals surface area contributed by atoms with Crippen LogP contribution in [0.2, 0.25) is 0 Å². The maximum atomic E-state index is 14.1. The number of sulfone groups is 1. The van der Waals surface area contributed by atoms with Gasteiger partial charge in [-0.15, -0.1) is 0 Å². The molecule has 8 aromatic rings. The zero-order valence-corrected chi connectivity index (χ0v) is 22.8. The fourth-order valence-corrected chi connectivity index (χ4v) is 7.46. The summed E-state index contributed by atoms with van der Waals surface area (Å²) in [4.78, 5) is 0.521. The van der Waals surface area contributed by atoms with E-state index in [-0.39, 0.29) is 9.79 Å². The highest BCUT2D eigenvalue weighted by atomic mass is 32.2. The van der Waals surface area contributed by atoms with E-state index in [4.69, 9.17) is 0 Å². The highest BCUT2D eigenvalue weighted by Gasteiger charge is 2.22. The number of aromatic nitrogens is 2. The molecule has 0 saturated heterocycles. The summed E-state index contributed by atoms with van der Waals surface area (Å²) >= 11 is 0. The summed E-state index contributed by atoms with van der Waals surface area (Å²) in [5.74, 6) is 0. The molecule has 41 heavy (non-hydrogen) atoms. The van der Waals surface area contributed by atoms with Crippen molar-refractivity contribution in [1.29, 1.82) is 0 Å². The van der Waals surface area contributed by atoms with Crippen LogP contribution >= 0.6 is 0 Å². The monoisotopic (exact) mass is 548 g/mol. The van der Waals surface area contributed by atoms with Crippen molar-refractivity contribution in [1.82, 2.24) is 9.13 Å². The Balaban J connectivity index is 1.51. The van der Waals surface area contributed by atoms with Crippen LogP contribution in [0.25, 0.3) is 55.0 Å². The fraction of sp³-hybridized carbons (Fsp3) is 0. The molecule has 0 fully saturated rings. The van der Waals surface area contributed by atoms with E-state index < -0.39 is 9.84 Å². The maximum Gasteiger partial charge on any atom is 0.206 e. The normalized spacial score (nSPS) is 12.1. The lowest BCUT2D eigenvalue weighted by Gasteiger charge is -2.16. The Morgan fingerprint density at radius 2 is 0.707 bits per heavy atom. The van der Waals surface area contributed by atoms with Crippen LogP contribution in [0.15, 0.2) is 155 Å². The van der Waals surface area contributed by atoms with Crippen LogP contribution in [0.1, 0.15) is 0 Å². The second-order valence-electron chi connectivity index (χ2n) is 10.2. The molecule has 196 valence electrons. The Labute approximate surface area is 237 Å². The van der Waals surface area contributed by atoms with Crippen LogP contribution in [0.3, 0.4) is 0 Å². The number of hydrogen-bond acceptors (Lipinski definition) is 2. The highest BCUT2D eigenvalue weighted by molar-refractivity contribution is 7.91. The van der Waals surface area contributed by atoms with Gasteiger partial charge < -0.3 is 9.13 Å². The molecule has 0 N–H and O–H groups in total. The number of para-hydroxylation sites is 4. The quantitative estimate of drug-likeness (QED) is 0.221. The molecule has 0 spiro atoms. The second-order valence-corrected chi connectivity index (χ2v) is 12.2. The van der Waals surface area contributed by atoms with E-state index >= 15 is 0 Å². The van der Waals surface area contributed by atoms with Crippen LogP contribution in [-0.2, 0) is 9.84 Å². The Bertz CT molecular complexity index is 2140. The molecule has 0 aliphatic heterocycles. The first-order valence-corrected chi connectivity index (χ1v) is 15.0. The highest BCUT2D eigenvalue weighted by Crippen LogP contribution is 2.37. The van der Waals surface area contributed by atoms with Gasteiger partial charge in [0.2, 0.25) is 9.84 Å². The van der Waals surface area contributed by atoms with Gasteiger partial charge in [0.05, 0.1) is 31.9 Å². The van der Waals surface area contributed by atoms with Crippen molar-refractivity contribution in [3.05, 3.63) is 146 Å². The van der Waals surface area contributed by atoms with Crippen LogP contribution in [0.4, 0.5) is 0 Å². The van der Waals surface area contributed by atoms with Gasteiger partial charge in [-0.25, -0.2) is 8.42 Å². The van der Waals surface area contributed by atoms with E-state index in [1.807, 2.05) is 54.6 Å². The van der Waals surface area contributed by atoms with E-state index in [9.17, 15) is 8.42 Å². The minimum Gasteiger partial charge on any atom is -0.309 e. The Kier molecular flexibility index (Phi) is 5.18. The minimum absolute atomic E-state index is 0.250.